The first-order valence-electron chi connectivity index (χ1n) is 6.26. The number of aliphatic hydroxyl groups excluding tert-OH is 3. The average Bonchev–Trinajstić information content (AvgIpc) is 2.88. The lowest BCUT2D eigenvalue weighted by atomic mass is 9.67. The lowest BCUT2D eigenvalue weighted by Crippen LogP contribution is -2.69. The van der Waals surface area contributed by atoms with Gasteiger partial charge >= 0.3 is 0 Å². The Balaban J connectivity index is 1.86. The van der Waals surface area contributed by atoms with E-state index in [4.69, 9.17) is 5.11 Å². The monoisotopic (exact) mass is 284 g/mol. The minimum absolute atomic E-state index is 0.0703. The second-order valence-electron chi connectivity index (χ2n) is 5.19. The van der Waals surface area contributed by atoms with Gasteiger partial charge < -0.3 is 35.6 Å². The topological polar surface area (TPSA) is 142 Å². The third-order valence-electron chi connectivity index (χ3n) is 4.06. The molecule has 9 nitrogen and oxygen atoms in total. The van der Waals surface area contributed by atoms with E-state index in [0.29, 0.717) is 0 Å². The van der Waals surface area contributed by atoms with Crippen LogP contribution in [0.4, 0.5) is 11.5 Å². The molecule has 1 aliphatic heterocycles. The molecule has 2 aliphatic rings. The van der Waals surface area contributed by atoms with Crippen molar-refractivity contribution in [1.82, 2.24) is 9.97 Å². The summed E-state index contributed by atoms with van der Waals surface area (Å²) < 4.78 is 0. The van der Waals surface area contributed by atoms with Crippen molar-refractivity contribution in [1.29, 1.82) is 0 Å². The summed E-state index contributed by atoms with van der Waals surface area (Å²) in [6.45, 7) is -0.168. The molecule has 0 amide bonds. The van der Waals surface area contributed by atoms with Crippen molar-refractivity contribution in [3.05, 3.63) is 16.7 Å². The fourth-order valence-electron chi connectivity index (χ4n) is 2.80. The molecule has 1 aromatic heterocycles. The van der Waals surface area contributed by atoms with Crippen molar-refractivity contribution in [2.75, 3.05) is 23.5 Å². The number of nitrogens with zero attached hydrogens (tertiary/aromatic N) is 2. The summed E-state index contributed by atoms with van der Waals surface area (Å²) in [6, 6.07) is 0. The zero-order valence-corrected chi connectivity index (χ0v) is 10.5. The lowest BCUT2D eigenvalue weighted by Gasteiger charge is -2.52. The Morgan fingerprint density at radius 2 is 2.35 bits per heavy atom. The largest absolute Gasteiger partial charge is 0.396 e. The predicted octanol–water partition coefficient (Wildman–Crippen LogP) is -2.62. The first-order valence-corrected chi connectivity index (χ1v) is 6.26. The first kappa shape index (κ1) is 13.3. The molecule has 4 atom stereocenters. The van der Waals surface area contributed by atoms with Gasteiger partial charge in [-0.1, -0.05) is 0 Å². The van der Waals surface area contributed by atoms with E-state index < -0.39 is 23.9 Å². The molecule has 0 bridgehead atoms. The summed E-state index contributed by atoms with van der Waals surface area (Å²) in [4.78, 5) is 19.2. The highest BCUT2D eigenvalue weighted by atomic mass is 16.4. The van der Waals surface area contributed by atoms with Crippen LogP contribution >= 0.6 is 0 Å². The number of aliphatic hydroxyl groups is 4. The Labute approximate surface area is 113 Å². The van der Waals surface area contributed by atoms with Crippen LogP contribution in [0.15, 0.2) is 11.1 Å². The molecule has 1 aliphatic carbocycles. The number of rotatable bonds is 3. The highest BCUT2D eigenvalue weighted by Crippen LogP contribution is 2.43. The van der Waals surface area contributed by atoms with Gasteiger partial charge in [-0.3, -0.25) is 4.79 Å². The van der Waals surface area contributed by atoms with Crippen LogP contribution in [0.3, 0.4) is 0 Å². The third kappa shape index (κ3) is 1.64. The summed E-state index contributed by atoms with van der Waals surface area (Å²) in [6.07, 6.45) is -1.39. The van der Waals surface area contributed by atoms with E-state index in [-0.39, 0.29) is 36.8 Å². The van der Waals surface area contributed by atoms with E-state index in [1.165, 1.54) is 11.2 Å². The number of nitrogens with one attached hydrogen (secondary N) is 2. The Bertz CT molecular complexity index is 578. The molecule has 2 unspecified atom stereocenters. The summed E-state index contributed by atoms with van der Waals surface area (Å²) in [5, 5.41) is 42.2. The van der Waals surface area contributed by atoms with Gasteiger partial charge in [0.15, 0.2) is 12.0 Å². The van der Waals surface area contributed by atoms with Crippen molar-refractivity contribution in [3.8, 4) is 0 Å². The van der Waals surface area contributed by atoms with Gasteiger partial charge in [0, 0.05) is 12.5 Å². The fraction of sp³-hybridized carbons (Fsp3) is 0.636. The molecular weight excluding hydrogens is 268 g/mol. The quantitative estimate of drug-likeness (QED) is 0.354. The normalized spacial score (nSPS) is 33.3. The number of hydrogen-bond acceptors (Lipinski definition) is 8. The van der Waals surface area contributed by atoms with E-state index in [1.54, 1.807) is 0 Å². The zero-order valence-electron chi connectivity index (χ0n) is 10.5. The average molecular weight is 284 g/mol. The number of hydrogen-bond donors (Lipinski definition) is 6. The van der Waals surface area contributed by atoms with Gasteiger partial charge in [-0.05, 0) is 6.42 Å². The van der Waals surface area contributed by atoms with Crippen molar-refractivity contribution in [2.24, 2.45) is 5.92 Å². The van der Waals surface area contributed by atoms with Gasteiger partial charge in [-0.2, -0.15) is 0 Å². The minimum Gasteiger partial charge on any atom is -0.396 e. The maximum atomic E-state index is 11.6. The fourth-order valence-corrected chi connectivity index (χ4v) is 2.80. The molecule has 0 spiro atoms. The molecular formula is C11H16N4O5. The Morgan fingerprint density at radius 3 is 3.00 bits per heavy atom. The molecule has 110 valence electrons. The maximum absolute atomic E-state index is 11.6. The second-order valence-corrected chi connectivity index (χ2v) is 5.19. The van der Waals surface area contributed by atoms with E-state index in [1.807, 2.05) is 0 Å². The summed E-state index contributed by atoms with van der Waals surface area (Å²) >= 11 is 0. The van der Waals surface area contributed by atoms with E-state index in [9.17, 15) is 20.1 Å². The van der Waals surface area contributed by atoms with Gasteiger partial charge in [0.1, 0.15) is 11.3 Å². The van der Waals surface area contributed by atoms with Crippen molar-refractivity contribution in [2.45, 2.75) is 24.4 Å². The molecule has 2 heterocycles. The van der Waals surface area contributed by atoms with Crippen LogP contribution in [0.1, 0.15) is 6.42 Å². The second kappa shape index (κ2) is 4.42. The van der Waals surface area contributed by atoms with Crippen LogP contribution in [0.5, 0.6) is 0 Å². The first-order chi connectivity index (χ1) is 9.49. The molecule has 3 rings (SSSR count). The number of anilines is 2. The van der Waals surface area contributed by atoms with Crippen molar-refractivity contribution in [3.63, 3.8) is 0 Å². The Morgan fingerprint density at radius 1 is 1.60 bits per heavy atom. The standard InChI is InChI=1S/C11H16N4O5/c16-2-5-1-11(20,7(5)17)10(19)15-4-14-6-8(15)12-3-13-9(6)18/h3,5,7,10,14,16-17,19-20H,1-2,4H2,(H,12,13,18)/t5?,7?,10-,11+/m1/s1. The highest BCUT2D eigenvalue weighted by molar-refractivity contribution is 5.69. The molecule has 0 radical (unpaired) electrons. The molecule has 0 saturated heterocycles. The smallest absolute Gasteiger partial charge is 0.276 e. The van der Waals surface area contributed by atoms with Crippen LogP contribution in [-0.4, -0.2) is 61.6 Å². The van der Waals surface area contributed by atoms with Crippen LogP contribution in [0, 0.1) is 5.92 Å². The molecule has 1 aromatic rings. The molecule has 1 fully saturated rings. The summed E-state index contributed by atoms with van der Waals surface area (Å²) in [5.74, 6) is -0.244. The summed E-state index contributed by atoms with van der Waals surface area (Å²) in [5.41, 5.74) is -1.91. The predicted molar refractivity (Wildman–Crippen MR) is 68.0 cm³/mol. The lowest BCUT2D eigenvalue weighted by molar-refractivity contribution is -0.238. The summed E-state index contributed by atoms with van der Waals surface area (Å²) in [7, 11) is 0. The van der Waals surface area contributed by atoms with Gasteiger partial charge in [-0.25, -0.2) is 4.98 Å². The molecule has 1 saturated carbocycles. The SMILES string of the molecule is O=c1[nH]cnc2c1NCN2[C@H](O)[C@]1(O)CC(CO)C1O. The zero-order chi connectivity index (χ0) is 14.5. The van der Waals surface area contributed by atoms with E-state index in [2.05, 4.69) is 15.3 Å². The number of aromatic amines is 1. The van der Waals surface area contributed by atoms with E-state index >= 15 is 0 Å². The van der Waals surface area contributed by atoms with Crippen LogP contribution in [0.2, 0.25) is 0 Å². The van der Waals surface area contributed by atoms with Crippen LogP contribution in [-0.2, 0) is 0 Å². The Hall–Kier alpha value is -1.68. The Kier molecular flexibility index (Phi) is 2.94. The third-order valence-corrected chi connectivity index (χ3v) is 4.06. The number of fused-ring (bicyclic) bond motifs is 1. The minimum atomic E-state index is -1.75. The van der Waals surface area contributed by atoms with Crippen LogP contribution < -0.4 is 15.8 Å². The van der Waals surface area contributed by atoms with Gasteiger partial charge in [0.05, 0.1) is 19.1 Å². The molecule has 0 aromatic carbocycles. The molecule has 6 N–H and O–H groups in total. The van der Waals surface area contributed by atoms with Gasteiger partial charge in [0.2, 0.25) is 0 Å². The van der Waals surface area contributed by atoms with Crippen molar-refractivity contribution >= 4 is 11.5 Å². The van der Waals surface area contributed by atoms with Gasteiger partial charge in [-0.15, -0.1) is 0 Å². The maximum Gasteiger partial charge on any atom is 0.276 e. The van der Waals surface area contributed by atoms with Crippen molar-refractivity contribution < 1.29 is 20.4 Å². The highest BCUT2D eigenvalue weighted by Gasteiger charge is 2.58. The van der Waals surface area contributed by atoms with E-state index in [0.717, 1.165) is 0 Å². The number of aromatic nitrogens is 2. The molecule has 9 heteroatoms. The van der Waals surface area contributed by atoms with Gasteiger partial charge in [0.25, 0.3) is 5.56 Å². The number of H-pyrrole nitrogens is 1. The van der Waals surface area contributed by atoms with Crippen LogP contribution in [0.25, 0.3) is 0 Å². The molecule has 20 heavy (non-hydrogen) atoms.